The zero-order valence-electron chi connectivity index (χ0n) is 16.8. The van der Waals surface area contributed by atoms with Crippen molar-refractivity contribution in [3.05, 3.63) is 12.2 Å². The Labute approximate surface area is 165 Å². The standard InChI is InChI=1S/C22H29NO5/c1-12-6-10-20(2)8-4-5-9-21(20,3)15(12)16(24)14-17-22(27)13(19(26)28-17)7-11-23(22)18(14)25/h6,10,12-15,17,27H,4-5,7-9,11H2,1-3H3/t12-,13-,14-,15+,17-,20+,21+,22+/m0/s1. The molecule has 0 unspecified atom stereocenters. The van der Waals surface area contributed by atoms with Crippen LogP contribution in [0.4, 0.5) is 0 Å². The van der Waals surface area contributed by atoms with E-state index in [0.717, 1.165) is 25.7 Å². The number of aliphatic hydroxyl groups is 1. The van der Waals surface area contributed by atoms with E-state index in [1.54, 1.807) is 0 Å². The minimum Gasteiger partial charge on any atom is -0.455 e. The van der Waals surface area contributed by atoms with Gasteiger partial charge in [0.15, 0.2) is 17.6 Å². The summed E-state index contributed by atoms with van der Waals surface area (Å²) >= 11 is 0. The lowest BCUT2D eigenvalue weighted by molar-refractivity contribution is -0.153. The maximum Gasteiger partial charge on any atom is 0.314 e. The van der Waals surface area contributed by atoms with Crippen molar-refractivity contribution in [3.63, 3.8) is 0 Å². The summed E-state index contributed by atoms with van der Waals surface area (Å²) < 4.78 is 5.46. The fourth-order valence-electron chi connectivity index (χ4n) is 7.11. The van der Waals surface area contributed by atoms with Crippen molar-refractivity contribution in [1.82, 2.24) is 4.90 Å². The van der Waals surface area contributed by atoms with Crippen LogP contribution in [0.25, 0.3) is 0 Å². The Morgan fingerprint density at radius 3 is 2.71 bits per heavy atom. The Hall–Kier alpha value is -1.69. The van der Waals surface area contributed by atoms with Crippen LogP contribution in [0.15, 0.2) is 12.2 Å². The molecule has 1 amide bonds. The highest BCUT2D eigenvalue weighted by Crippen LogP contribution is 2.61. The number of amides is 1. The van der Waals surface area contributed by atoms with Gasteiger partial charge in [0, 0.05) is 12.5 Å². The summed E-state index contributed by atoms with van der Waals surface area (Å²) in [5, 5.41) is 11.2. The van der Waals surface area contributed by atoms with E-state index < -0.39 is 29.6 Å². The van der Waals surface area contributed by atoms with E-state index in [2.05, 4.69) is 26.0 Å². The first-order chi connectivity index (χ1) is 13.1. The number of carbonyl (C=O) groups excluding carboxylic acids is 3. The van der Waals surface area contributed by atoms with Crippen LogP contribution in [0.2, 0.25) is 0 Å². The maximum atomic E-state index is 13.9. The Kier molecular flexibility index (Phi) is 3.58. The van der Waals surface area contributed by atoms with Crippen molar-refractivity contribution in [2.75, 3.05) is 6.54 Å². The first kappa shape index (κ1) is 18.3. The van der Waals surface area contributed by atoms with Crippen LogP contribution in [0.1, 0.15) is 52.9 Å². The fourth-order valence-corrected chi connectivity index (χ4v) is 7.11. The summed E-state index contributed by atoms with van der Waals surface area (Å²) in [4.78, 5) is 40.7. The summed E-state index contributed by atoms with van der Waals surface area (Å²) in [5.74, 6) is -3.12. The van der Waals surface area contributed by atoms with E-state index in [0.29, 0.717) is 13.0 Å². The molecule has 8 atom stereocenters. The van der Waals surface area contributed by atoms with Crippen LogP contribution in [-0.4, -0.2) is 46.0 Å². The van der Waals surface area contributed by atoms with E-state index >= 15 is 0 Å². The molecule has 28 heavy (non-hydrogen) atoms. The smallest absolute Gasteiger partial charge is 0.314 e. The van der Waals surface area contributed by atoms with Gasteiger partial charge in [-0.1, -0.05) is 45.8 Å². The van der Waals surface area contributed by atoms with Crippen LogP contribution in [0, 0.1) is 34.5 Å². The van der Waals surface area contributed by atoms with Gasteiger partial charge >= 0.3 is 5.97 Å². The molecule has 3 aliphatic heterocycles. The zero-order valence-corrected chi connectivity index (χ0v) is 16.8. The van der Waals surface area contributed by atoms with E-state index in [4.69, 9.17) is 4.74 Å². The van der Waals surface area contributed by atoms with Gasteiger partial charge in [0.25, 0.3) is 0 Å². The van der Waals surface area contributed by atoms with E-state index in [1.807, 2.05) is 6.92 Å². The summed E-state index contributed by atoms with van der Waals surface area (Å²) in [7, 11) is 0. The van der Waals surface area contributed by atoms with Gasteiger partial charge in [0.2, 0.25) is 5.91 Å². The molecule has 4 fully saturated rings. The molecule has 3 heterocycles. The predicted octanol–water partition coefficient (Wildman–Crippen LogP) is 2.06. The molecule has 0 aromatic carbocycles. The number of esters is 1. The third-order valence-corrected chi connectivity index (χ3v) is 8.91. The quantitative estimate of drug-likeness (QED) is 0.445. The first-order valence-electron chi connectivity index (χ1n) is 10.6. The minimum absolute atomic E-state index is 0.00876. The van der Waals surface area contributed by atoms with Crippen molar-refractivity contribution >= 4 is 17.7 Å². The third kappa shape index (κ3) is 1.90. The molecule has 0 spiro atoms. The van der Waals surface area contributed by atoms with Crippen molar-refractivity contribution < 1.29 is 24.2 Å². The molecule has 6 nitrogen and oxygen atoms in total. The van der Waals surface area contributed by atoms with Gasteiger partial charge in [-0.25, -0.2) is 0 Å². The number of hydrogen-bond donors (Lipinski definition) is 1. The molecular formula is C22H29NO5. The summed E-state index contributed by atoms with van der Waals surface area (Å²) in [5.41, 5.74) is -1.96. The number of allylic oxidation sites excluding steroid dienone is 2. The number of fused-ring (bicyclic) bond motifs is 1. The molecule has 1 saturated carbocycles. The summed E-state index contributed by atoms with van der Waals surface area (Å²) in [6.45, 7) is 6.76. The predicted molar refractivity (Wildman–Crippen MR) is 99.6 cm³/mol. The topological polar surface area (TPSA) is 83.9 Å². The van der Waals surface area contributed by atoms with Crippen LogP contribution in [0.3, 0.4) is 0 Å². The molecule has 0 aromatic rings. The maximum absolute atomic E-state index is 13.9. The lowest BCUT2D eigenvalue weighted by Crippen LogP contribution is -2.54. The van der Waals surface area contributed by atoms with Crippen molar-refractivity contribution in [3.8, 4) is 0 Å². The van der Waals surface area contributed by atoms with Crippen LogP contribution in [0.5, 0.6) is 0 Å². The second kappa shape index (κ2) is 5.47. The second-order valence-electron chi connectivity index (χ2n) is 10.1. The number of hydrogen-bond acceptors (Lipinski definition) is 5. The lowest BCUT2D eigenvalue weighted by atomic mass is 9.47. The molecule has 152 valence electrons. The van der Waals surface area contributed by atoms with Crippen LogP contribution in [-0.2, 0) is 19.1 Å². The summed E-state index contributed by atoms with van der Waals surface area (Å²) in [6.07, 6.45) is 7.92. The number of nitrogens with zero attached hydrogens (tertiary/aromatic N) is 1. The number of ether oxygens (including phenoxy) is 1. The highest BCUT2D eigenvalue weighted by molar-refractivity contribution is 6.07. The molecule has 0 bridgehead atoms. The Balaban J connectivity index is 1.55. The highest BCUT2D eigenvalue weighted by Gasteiger charge is 2.74. The molecule has 1 N–H and O–H groups in total. The number of ketones is 1. The Morgan fingerprint density at radius 1 is 1.25 bits per heavy atom. The summed E-state index contributed by atoms with van der Waals surface area (Å²) in [6, 6.07) is 0. The molecule has 5 aliphatic rings. The van der Waals surface area contributed by atoms with E-state index in [-0.39, 0.29) is 34.4 Å². The average molecular weight is 387 g/mol. The second-order valence-corrected chi connectivity index (χ2v) is 10.1. The van der Waals surface area contributed by atoms with Gasteiger partial charge in [0.1, 0.15) is 11.8 Å². The van der Waals surface area contributed by atoms with Gasteiger partial charge < -0.3 is 14.7 Å². The van der Waals surface area contributed by atoms with Gasteiger partial charge in [0.05, 0.1) is 0 Å². The fraction of sp³-hybridized carbons (Fsp3) is 0.773. The normalized spacial score (nSPS) is 51.9. The molecule has 5 rings (SSSR count). The number of rotatable bonds is 2. The lowest BCUT2D eigenvalue weighted by Gasteiger charge is -2.56. The van der Waals surface area contributed by atoms with Gasteiger partial charge in [-0.05, 0) is 36.0 Å². The van der Waals surface area contributed by atoms with Crippen LogP contribution >= 0.6 is 0 Å². The number of Topliss-reactive ketones (excluding diaryl/α,β-unsaturated/α-hetero) is 1. The molecule has 0 aromatic heterocycles. The molecule has 0 radical (unpaired) electrons. The third-order valence-electron chi connectivity index (χ3n) is 8.91. The first-order valence-corrected chi connectivity index (χ1v) is 10.6. The van der Waals surface area contributed by atoms with Crippen molar-refractivity contribution in [2.24, 2.45) is 34.5 Å². The van der Waals surface area contributed by atoms with Gasteiger partial charge in [-0.2, -0.15) is 0 Å². The monoisotopic (exact) mass is 387 g/mol. The largest absolute Gasteiger partial charge is 0.455 e. The van der Waals surface area contributed by atoms with E-state index in [9.17, 15) is 19.5 Å². The number of carbonyl (C=O) groups is 3. The SMILES string of the molecule is C[C@H]1C=C[C@@]2(C)CCCC[C@]2(C)[C@H]1C(=O)[C@@H]1C(=O)N2CC[C@H]3C(=O)O[C@@H]1[C@]32O. The van der Waals surface area contributed by atoms with Crippen molar-refractivity contribution in [1.29, 1.82) is 0 Å². The Morgan fingerprint density at radius 2 is 1.96 bits per heavy atom. The highest BCUT2D eigenvalue weighted by atomic mass is 16.6. The molecule has 2 aliphatic carbocycles. The van der Waals surface area contributed by atoms with Gasteiger partial charge in [-0.3, -0.25) is 14.4 Å². The Bertz CT molecular complexity index is 807. The van der Waals surface area contributed by atoms with Gasteiger partial charge in [-0.15, -0.1) is 0 Å². The van der Waals surface area contributed by atoms with Crippen molar-refractivity contribution in [2.45, 2.75) is 64.7 Å². The van der Waals surface area contributed by atoms with Crippen LogP contribution < -0.4 is 0 Å². The molecule has 6 heteroatoms. The van der Waals surface area contributed by atoms with E-state index in [1.165, 1.54) is 4.90 Å². The average Bonchev–Trinajstić information content (AvgIpc) is 3.18. The zero-order chi connectivity index (χ0) is 20.1. The molecular weight excluding hydrogens is 358 g/mol. The molecule has 3 saturated heterocycles. The minimum atomic E-state index is -1.64.